The van der Waals surface area contributed by atoms with Crippen LogP contribution in [0.1, 0.15) is 58.6 Å². The summed E-state index contributed by atoms with van der Waals surface area (Å²) in [6, 6.07) is 23.4. The van der Waals surface area contributed by atoms with Crippen molar-refractivity contribution in [2.75, 3.05) is 4.90 Å². The van der Waals surface area contributed by atoms with Crippen molar-refractivity contribution in [3.8, 4) is 6.07 Å². The first-order valence-electron chi connectivity index (χ1n) is 13.1. The topological polar surface area (TPSA) is 70.1 Å². The van der Waals surface area contributed by atoms with E-state index in [1.165, 1.54) is 16.0 Å². The molecule has 38 heavy (non-hydrogen) atoms. The molecule has 2 aliphatic rings. The molecule has 0 spiro atoms. The van der Waals surface area contributed by atoms with E-state index in [0.717, 1.165) is 57.8 Å². The zero-order chi connectivity index (χ0) is 27.0. The van der Waals surface area contributed by atoms with Gasteiger partial charge in [-0.3, -0.25) is 9.69 Å². The molecule has 1 aliphatic heterocycles. The number of hydrogen-bond acceptors (Lipinski definition) is 5. The van der Waals surface area contributed by atoms with Crippen LogP contribution in [0.25, 0.3) is 0 Å². The predicted molar refractivity (Wildman–Crippen MR) is 156 cm³/mol. The molecule has 1 atom stereocenters. The molecule has 5 rings (SSSR count). The van der Waals surface area contributed by atoms with E-state index < -0.39 is 5.92 Å². The number of nitrogens with zero attached hydrogens (tertiary/aromatic N) is 2. The van der Waals surface area contributed by atoms with Crippen LogP contribution >= 0.6 is 11.8 Å². The second kappa shape index (κ2) is 10.6. The second-order valence-corrected chi connectivity index (χ2v) is 11.4. The van der Waals surface area contributed by atoms with E-state index in [9.17, 15) is 10.1 Å². The molecule has 0 radical (unpaired) electrons. The minimum atomic E-state index is -0.452. The van der Waals surface area contributed by atoms with E-state index in [2.05, 4.69) is 69.3 Å². The number of ketones is 1. The molecule has 2 N–H and O–H groups in total. The highest BCUT2D eigenvalue weighted by Gasteiger charge is 2.41. The van der Waals surface area contributed by atoms with Crippen LogP contribution in [0.5, 0.6) is 0 Å². The summed E-state index contributed by atoms with van der Waals surface area (Å²) < 4.78 is 0. The lowest BCUT2D eigenvalue weighted by atomic mass is 9.73. The van der Waals surface area contributed by atoms with E-state index in [0.29, 0.717) is 17.8 Å². The summed E-state index contributed by atoms with van der Waals surface area (Å²) in [6.07, 6.45) is 2.04. The molecule has 3 aromatic rings. The van der Waals surface area contributed by atoms with E-state index in [1.54, 1.807) is 11.8 Å². The first-order chi connectivity index (χ1) is 18.3. The molecular weight excluding hydrogens is 486 g/mol. The van der Waals surface area contributed by atoms with Gasteiger partial charge in [0.2, 0.25) is 0 Å². The van der Waals surface area contributed by atoms with Crippen LogP contribution in [0.4, 0.5) is 5.69 Å². The van der Waals surface area contributed by atoms with Crippen LogP contribution < -0.4 is 10.6 Å². The largest absolute Gasteiger partial charge is 0.384 e. The van der Waals surface area contributed by atoms with E-state index in [4.69, 9.17) is 5.73 Å². The van der Waals surface area contributed by atoms with Crippen LogP contribution in [-0.2, 0) is 10.5 Å². The van der Waals surface area contributed by atoms with Gasteiger partial charge in [0.05, 0.1) is 17.6 Å². The Morgan fingerprint density at radius 3 is 2.45 bits per heavy atom. The number of carbonyl (C=O) groups excluding carboxylic acids is 1. The van der Waals surface area contributed by atoms with E-state index in [1.807, 2.05) is 30.0 Å². The van der Waals surface area contributed by atoms with Gasteiger partial charge in [-0.1, -0.05) is 47.5 Å². The Bertz CT molecular complexity index is 1520. The lowest BCUT2D eigenvalue weighted by molar-refractivity contribution is -0.116. The smallest absolute Gasteiger partial charge is 0.161 e. The van der Waals surface area contributed by atoms with Crippen molar-refractivity contribution in [2.24, 2.45) is 5.73 Å². The number of rotatable bonds is 5. The van der Waals surface area contributed by atoms with Crippen LogP contribution in [0.3, 0.4) is 0 Å². The molecule has 0 saturated carbocycles. The Balaban J connectivity index is 1.63. The van der Waals surface area contributed by atoms with Gasteiger partial charge in [-0.05, 0) is 87.1 Å². The quantitative estimate of drug-likeness (QED) is 0.353. The van der Waals surface area contributed by atoms with Crippen molar-refractivity contribution in [3.05, 3.63) is 117 Å². The number of anilines is 1. The maximum atomic E-state index is 13.6. The average molecular weight is 520 g/mol. The van der Waals surface area contributed by atoms with Gasteiger partial charge in [-0.2, -0.15) is 5.26 Å². The molecule has 192 valence electrons. The fourth-order valence-electron chi connectivity index (χ4n) is 5.67. The maximum absolute atomic E-state index is 13.6. The number of thioether (sulfide) groups is 1. The Morgan fingerprint density at radius 2 is 1.74 bits per heavy atom. The number of benzene rings is 3. The first kappa shape index (κ1) is 25.9. The maximum Gasteiger partial charge on any atom is 0.161 e. The highest BCUT2D eigenvalue weighted by molar-refractivity contribution is 7.98. The number of hydrogen-bond donors (Lipinski definition) is 1. The number of nitrogens with two attached hydrogens (primary N) is 1. The molecule has 1 aliphatic carbocycles. The minimum absolute atomic E-state index is 0.116. The van der Waals surface area contributed by atoms with Gasteiger partial charge >= 0.3 is 0 Å². The fraction of sp³-hybridized carbons (Fsp3) is 0.273. The first-order valence-corrected chi connectivity index (χ1v) is 14.1. The van der Waals surface area contributed by atoms with Gasteiger partial charge in [-0.25, -0.2) is 0 Å². The van der Waals surface area contributed by atoms with Crippen LogP contribution in [0, 0.1) is 39.0 Å². The summed E-state index contributed by atoms with van der Waals surface area (Å²) >= 11 is 1.80. The van der Waals surface area contributed by atoms with E-state index >= 15 is 0 Å². The Hall–Kier alpha value is -3.75. The Labute approximate surface area is 229 Å². The molecule has 5 heteroatoms. The van der Waals surface area contributed by atoms with Crippen molar-refractivity contribution >= 4 is 23.2 Å². The highest BCUT2D eigenvalue weighted by Crippen LogP contribution is 2.47. The monoisotopic (exact) mass is 519 g/mol. The summed E-state index contributed by atoms with van der Waals surface area (Å²) in [5.41, 5.74) is 16.6. The normalized spacial score (nSPS) is 17.5. The third-order valence-electron chi connectivity index (χ3n) is 7.60. The standard InChI is InChI=1S/C33H33N3OS/c1-20-11-13-26(14-12-20)38-19-24-15-22(3)17-27(23(24)4)31-28(18-34)33(35)36(25-8-5-7-21(2)16-25)29-9-6-10-30(37)32(29)31/h5,7-8,11-17,31H,6,9-10,19,35H2,1-4H3. The molecule has 1 heterocycles. The SMILES string of the molecule is Cc1ccc(SCc2cc(C)cc(C3C(C#N)=C(N)N(c4cccc(C)c4)C4=C3C(=O)CCC4)c2C)cc1. The molecule has 0 amide bonds. The summed E-state index contributed by atoms with van der Waals surface area (Å²) in [5, 5.41) is 10.4. The van der Waals surface area contributed by atoms with Crippen molar-refractivity contribution in [1.82, 2.24) is 0 Å². The predicted octanol–water partition coefficient (Wildman–Crippen LogP) is 7.52. The summed E-state index contributed by atoms with van der Waals surface area (Å²) in [6.45, 7) is 8.33. The zero-order valence-electron chi connectivity index (χ0n) is 22.5. The fourth-order valence-corrected chi connectivity index (χ4v) is 6.62. The Kier molecular flexibility index (Phi) is 7.19. The Morgan fingerprint density at radius 1 is 0.974 bits per heavy atom. The van der Waals surface area contributed by atoms with Gasteiger partial charge in [0.1, 0.15) is 5.82 Å². The number of nitriles is 1. The number of allylic oxidation sites excluding steroid dienone is 3. The molecule has 0 fully saturated rings. The molecular formula is C33H33N3OS. The van der Waals surface area contributed by atoms with Gasteiger partial charge in [-0.15, -0.1) is 11.8 Å². The van der Waals surface area contributed by atoms with Gasteiger partial charge in [0.15, 0.2) is 5.78 Å². The number of Topliss-reactive ketones (excluding diaryl/α,β-unsaturated/α-hetero) is 1. The minimum Gasteiger partial charge on any atom is -0.384 e. The zero-order valence-corrected chi connectivity index (χ0v) is 23.3. The lowest BCUT2D eigenvalue weighted by Crippen LogP contribution is -2.39. The van der Waals surface area contributed by atoms with Crippen LogP contribution in [0.2, 0.25) is 0 Å². The third-order valence-corrected chi connectivity index (χ3v) is 8.66. The number of aryl methyl sites for hydroxylation is 3. The molecule has 1 unspecified atom stereocenters. The average Bonchev–Trinajstić information content (AvgIpc) is 2.89. The van der Waals surface area contributed by atoms with E-state index in [-0.39, 0.29) is 5.78 Å². The molecule has 0 aromatic heterocycles. The van der Waals surface area contributed by atoms with Gasteiger partial charge < -0.3 is 5.73 Å². The van der Waals surface area contributed by atoms with Crippen molar-refractivity contribution in [1.29, 1.82) is 5.26 Å². The van der Waals surface area contributed by atoms with Crippen molar-refractivity contribution < 1.29 is 4.79 Å². The second-order valence-electron chi connectivity index (χ2n) is 10.4. The highest BCUT2D eigenvalue weighted by atomic mass is 32.2. The third kappa shape index (κ3) is 4.77. The van der Waals surface area contributed by atoms with Gasteiger partial charge in [0.25, 0.3) is 0 Å². The molecule has 3 aromatic carbocycles. The molecule has 4 nitrogen and oxygen atoms in total. The van der Waals surface area contributed by atoms with Crippen molar-refractivity contribution in [2.45, 2.75) is 63.5 Å². The lowest BCUT2D eigenvalue weighted by Gasteiger charge is -2.40. The van der Waals surface area contributed by atoms with Crippen LogP contribution in [0.15, 0.2) is 88.2 Å². The summed E-state index contributed by atoms with van der Waals surface area (Å²) in [4.78, 5) is 16.8. The molecule has 0 saturated heterocycles. The van der Waals surface area contributed by atoms with Crippen molar-refractivity contribution in [3.63, 3.8) is 0 Å². The number of carbonyl (C=O) groups is 1. The van der Waals surface area contributed by atoms with Gasteiger partial charge in [0, 0.05) is 34.0 Å². The summed E-state index contributed by atoms with van der Waals surface area (Å²) in [7, 11) is 0. The molecule has 0 bridgehead atoms. The van der Waals surface area contributed by atoms with Crippen LogP contribution in [-0.4, -0.2) is 5.78 Å². The summed E-state index contributed by atoms with van der Waals surface area (Å²) in [5.74, 6) is 0.901.